The molecule has 0 bridgehead atoms. The fraction of sp³-hybridized carbons (Fsp3) is 0.231. The Balaban J connectivity index is 2.26. The second-order valence-corrected chi connectivity index (χ2v) is 6.89. The van der Waals surface area contributed by atoms with Crippen molar-refractivity contribution in [2.45, 2.75) is 19.4 Å². The van der Waals surface area contributed by atoms with E-state index in [0.29, 0.717) is 0 Å². The second-order valence-electron chi connectivity index (χ2n) is 4.12. The first-order valence-electron chi connectivity index (χ1n) is 5.56. The number of thiophene rings is 1. The van der Waals surface area contributed by atoms with Crippen LogP contribution in [0.5, 0.6) is 0 Å². The molecular weight excluding hydrogens is 376 g/mol. The van der Waals surface area contributed by atoms with Crippen LogP contribution in [0.15, 0.2) is 38.6 Å². The summed E-state index contributed by atoms with van der Waals surface area (Å²) in [5.41, 5.74) is 5.39. The zero-order chi connectivity index (χ0) is 13.1. The van der Waals surface area contributed by atoms with Gasteiger partial charge in [-0.05, 0) is 57.6 Å². The van der Waals surface area contributed by atoms with Crippen LogP contribution in [0.2, 0.25) is 0 Å². The number of benzene rings is 1. The Morgan fingerprint density at radius 2 is 2.11 bits per heavy atom. The monoisotopic (exact) mass is 388 g/mol. The Hall–Kier alpha value is -0.200. The van der Waals surface area contributed by atoms with Gasteiger partial charge in [0.05, 0.1) is 6.04 Å². The lowest BCUT2D eigenvalue weighted by Gasteiger charge is -2.18. The Morgan fingerprint density at radius 1 is 1.33 bits per heavy atom. The Bertz CT molecular complexity index is 540. The Labute approximate surface area is 128 Å². The minimum atomic E-state index is 0.132. The van der Waals surface area contributed by atoms with Crippen LogP contribution in [0, 0.1) is 6.92 Å². The number of hydrogen-bond donors (Lipinski definition) is 2. The summed E-state index contributed by atoms with van der Waals surface area (Å²) in [5, 5.41) is 2.08. The smallest absolute Gasteiger partial charge is 0.0511 e. The van der Waals surface area contributed by atoms with Crippen LogP contribution in [0.1, 0.15) is 22.0 Å². The molecule has 0 radical (unpaired) electrons. The average molecular weight is 390 g/mol. The van der Waals surface area contributed by atoms with Gasteiger partial charge in [0.1, 0.15) is 0 Å². The summed E-state index contributed by atoms with van der Waals surface area (Å²) < 4.78 is 2.25. The number of nitrogens with two attached hydrogens (primary N) is 1. The van der Waals surface area contributed by atoms with Crippen LogP contribution < -0.4 is 11.3 Å². The second kappa shape index (κ2) is 6.30. The van der Waals surface area contributed by atoms with Crippen molar-refractivity contribution in [3.05, 3.63) is 54.6 Å². The van der Waals surface area contributed by atoms with Gasteiger partial charge in [0.15, 0.2) is 0 Å². The standard InChI is InChI=1S/C13H14Br2N2S/c1-8-6-9(14)2-3-10(8)12(17-16)7-13-11(15)4-5-18-13/h2-6,12,17H,7,16H2,1H3. The van der Waals surface area contributed by atoms with Crippen molar-refractivity contribution < 1.29 is 0 Å². The summed E-state index contributed by atoms with van der Waals surface area (Å²) in [5.74, 6) is 5.71. The lowest BCUT2D eigenvalue weighted by atomic mass is 9.99. The molecule has 2 nitrogen and oxygen atoms in total. The summed E-state index contributed by atoms with van der Waals surface area (Å²) in [7, 11) is 0. The van der Waals surface area contributed by atoms with E-state index in [1.165, 1.54) is 16.0 Å². The molecule has 0 aliphatic heterocycles. The molecule has 0 aliphatic carbocycles. The first kappa shape index (κ1) is 14.2. The minimum absolute atomic E-state index is 0.132. The van der Waals surface area contributed by atoms with Gasteiger partial charge in [-0.3, -0.25) is 11.3 Å². The van der Waals surface area contributed by atoms with Crippen LogP contribution in [0.4, 0.5) is 0 Å². The fourth-order valence-electron chi connectivity index (χ4n) is 1.94. The average Bonchev–Trinajstić information content (AvgIpc) is 2.73. The predicted octanol–water partition coefficient (Wildman–Crippen LogP) is 4.33. The molecule has 0 saturated heterocycles. The zero-order valence-corrected chi connectivity index (χ0v) is 13.9. The van der Waals surface area contributed by atoms with Crippen LogP contribution in [-0.4, -0.2) is 0 Å². The lowest BCUT2D eigenvalue weighted by molar-refractivity contribution is 0.552. The van der Waals surface area contributed by atoms with E-state index in [2.05, 4.69) is 73.9 Å². The largest absolute Gasteiger partial charge is 0.271 e. The number of aryl methyl sites for hydroxylation is 1. The van der Waals surface area contributed by atoms with Gasteiger partial charge in [-0.25, -0.2) is 0 Å². The van der Waals surface area contributed by atoms with Crippen molar-refractivity contribution in [1.29, 1.82) is 0 Å². The number of nitrogens with one attached hydrogen (secondary N) is 1. The third-order valence-corrected chi connectivity index (χ3v) is 5.33. The van der Waals surface area contributed by atoms with E-state index in [9.17, 15) is 0 Å². The number of rotatable bonds is 4. The minimum Gasteiger partial charge on any atom is -0.271 e. The molecule has 96 valence electrons. The molecule has 0 aliphatic rings. The van der Waals surface area contributed by atoms with E-state index in [1.54, 1.807) is 11.3 Å². The first-order valence-corrected chi connectivity index (χ1v) is 8.02. The van der Waals surface area contributed by atoms with Gasteiger partial charge in [-0.2, -0.15) is 0 Å². The highest BCUT2D eigenvalue weighted by atomic mass is 79.9. The van der Waals surface area contributed by atoms with E-state index in [4.69, 9.17) is 5.84 Å². The molecule has 1 heterocycles. The zero-order valence-electron chi connectivity index (χ0n) is 9.91. The summed E-state index contributed by atoms with van der Waals surface area (Å²) >= 11 is 8.79. The SMILES string of the molecule is Cc1cc(Br)ccc1C(Cc1sccc1Br)NN. The van der Waals surface area contributed by atoms with Crippen molar-refractivity contribution in [3.63, 3.8) is 0 Å². The van der Waals surface area contributed by atoms with E-state index in [1.807, 2.05) is 0 Å². The van der Waals surface area contributed by atoms with Crippen molar-refractivity contribution in [1.82, 2.24) is 5.43 Å². The third-order valence-electron chi connectivity index (χ3n) is 2.89. The summed E-state index contributed by atoms with van der Waals surface area (Å²) in [4.78, 5) is 1.31. The summed E-state index contributed by atoms with van der Waals surface area (Å²) in [6, 6.07) is 8.49. The van der Waals surface area contributed by atoms with Crippen LogP contribution in [-0.2, 0) is 6.42 Å². The van der Waals surface area contributed by atoms with Crippen molar-refractivity contribution in [2.75, 3.05) is 0 Å². The predicted molar refractivity (Wildman–Crippen MR) is 84.7 cm³/mol. The maximum absolute atomic E-state index is 5.71. The van der Waals surface area contributed by atoms with E-state index >= 15 is 0 Å². The van der Waals surface area contributed by atoms with Gasteiger partial charge in [0.2, 0.25) is 0 Å². The molecule has 1 aromatic carbocycles. The molecule has 1 unspecified atom stereocenters. The fourth-order valence-corrected chi connectivity index (χ4v) is 3.98. The van der Waals surface area contributed by atoms with Gasteiger partial charge in [-0.1, -0.05) is 22.0 Å². The Kier molecular flexibility index (Phi) is 4.98. The van der Waals surface area contributed by atoms with Crippen LogP contribution >= 0.6 is 43.2 Å². The van der Waals surface area contributed by atoms with Gasteiger partial charge in [0.25, 0.3) is 0 Å². The molecule has 0 saturated carbocycles. The molecule has 3 N–H and O–H groups in total. The van der Waals surface area contributed by atoms with Crippen molar-refractivity contribution >= 4 is 43.2 Å². The molecule has 5 heteroatoms. The molecule has 0 fully saturated rings. The molecular formula is C13H14Br2N2S. The van der Waals surface area contributed by atoms with E-state index in [0.717, 1.165) is 15.4 Å². The van der Waals surface area contributed by atoms with Gasteiger partial charge in [-0.15, -0.1) is 11.3 Å². The quantitative estimate of drug-likeness (QED) is 0.603. The molecule has 0 amide bonds. The Morgan fingerprint density at radius 3 is 2.67 bits per heavy atom. The van der Waals surface area contributed by atoms with Crippen LogP contribution in [0.3, 0.4) is 0 Å². The van der Waals surface area contributed by atoms with Gasteiger partial charge in [0, 0.05) is 20.2 Å². The molecule has 2 rings (SSSR count). The first-order chi connectivity index (χ1) is 8.61. The normalized spacial score (nSPS) is 12.7. The molecule has 0 spiro atoms. The van der Waals surface area contributed by atoms with Gasteiger partial charge < -0.3 is 0 Å². The molecule has 1 atom stereocenters. The van der Waals surface area contributed by atoms with Crippen LogP contribution in [0.25, 0.3) is 0 Å². The summed E-state index contributed by atoms with van der Waals surface area (Å²) in [6.45, 7) is 2.11. The summed E-state index contributed by atoms with van der Waals surface area (Å²) in [6.07, 6.45) is 0.886. The third kappa shape index (κ3) is 3.22. The molecule has 1 aromatic heterocycles. The molecule has 18 heavy (non-hydrogen) atoms. The maximum Gasteiger partial charge on any atom is 0.0511 e. The highest BCUT2D eigenvalue weighted by Gasteiger charge is 2.15. The van der Waals surface area contributed by atoms with E-state index in [-0.39, 0.29) is 6.04 Å². The number of hydrazine groups is 1. The van der Waals surface area contributed by atoms with Gasteiger partial charge >= 0.3 is 0 Å². The number of hydrogen-bond acceptors (Lipinski definition) is 3. The van der Waals surface area contributed by atoms with Crippen molar-refractivity contribution in [3.8, 4) is 0 Å². The molecule has 2 aromatic rings. The maximum atomic E-state index is 5.71. The topological polar surface area (TPSA) is 38.0 Å². The van der Waals surface area contributed by atoms with E-state index < -0.39 is 0 Å². The highest BCUT2D eigenvalue weighted by Crippen LogP contribution is 2.29. The van der Waals surface area contributed by atoms with Crippen molar-refractivity contribution in [2.24, 2.45) is 5.84 Å². The number of halogens is 2. The lowest BCUT2D eigenvalue weighted by Crippen LogP contribution is -2.30. The highest BCUT2D eigenvalue weighted by molar-refractivity contribution is 9.10.